The number of hydrogen-bond donors (Lipinski definition) is 0. The van der Waals surface area contributed by atoms with Gasteiger partial charge in [0.2, 0.25) is 0 Å². The molecule has 0 aromatic heterocycles. The molecule has 0 bridgehead atoms. The second kappa shape index (κ2) is 32.2. The fourth-order valence-corrected chi connectivity index (χ4v) is 4.66. The van der Waals surface area contributed by atoms with Crippen molar-refractivity contribution in [2.75, 3.05) is 19.8 Å². The molecule has 0 spiro atoms. The van der Waals surface area contributed by atoms with E-state index < -0.39 is 6.10 Å². The number of carbonyl (C=O) groups is 2. The van der Waals surface area contributed by atoms with E-state index in [4.69, 9.17) is 14.2 Å². The minimum absolute atomic E-state index is 0.0871. The Bertz CT molecular complexity index is 574. The maximum absolute atomic E-state index is 12.4. The van der Waals surface area contributed by atoms with E-state index in [0.29, 0.717) is 19.4 Å². The lowest BCUT2D eigenvalue weighted by Gasteiger charge is -2.18. The smallest absolute Gasteiger partial charge is 0.306 e. The second-order valence-electron chi connectivity index (χ2n) is 11.4. The summed E-state index contributed by atoms with van der Waals surface area (Å²) >= 11 is 0. The summed E-state index contributed by atoms with van der Waals surface area (Å²) < 4.78 is 17.0. The van der Waals surface area contributed by atoms with E-state index in [-0.39, 0.29) is 25.2 Å². The van der Waals surface area contributed by atoms with Gasteiger partial charge in [-0.2, -0.15) is 0 Å². The molecule has 0 radical (unpaired) electrons. The van der Waals surface area contributed by atoms with E-state index in [1.54, 1.807) is 0 Å². The van der Waals surface area contributed by atoms with Crippen molar-refractivity contribution < 1.29 is 23.8 Å². The van der Waals surface area contributed by atoms with Crippen molar-refractivity contribution in [2.24, 2.45) is 0 Å². The SMILES string of the molecule is CCCC/C=C\CCCCCCCCOCC(COC(=O)CCCCCCCCC)OC(=O)CCCCCCC. The van der Waals surface area contributed by atoms with Crippen molar-refractivity contribution in [2.45, 2.75) is 181 Å². The lowest BCUT2D eigenvalue weighted by Crippen LogP contribution is -2.30. The summed E-state index contributed by atoms with van der Waals surface area (Å²) in [6.07, 6.45) is 30.8. The zero-order valence-corrected chi connectivity index (χ0v) is 26.9. The summed E-state index contributed by atoms with van der Waals surface area (Å²) in [7, 11) is 0. The minimum Gasteiger partial charge on any atom is -0.462 e. The molecule has 5 heteroatoms. The van der Waals surface area contributed by atoms with Crippen molar-refractivity contribution in [1.82, 2.24) is 0 Å². The molecule has 0 saturated carbocycles. The van der Waals surface area contributed by atoms with Gasteiger partial charge in [-0.15, -0.1) is 0 Å². The van der Waals surface area contributed by atoms with Crippen LogP contribution in [0.5, 0.6) is 0 Å². The number of ether oxygens (including phenoxy) is 3. The summed E-state index contributed by atoms with van der Waals surface area (Å²) in [5.74, 6) is -0.418. The zero-order chi connectivity index (χ0) is 29.4. The van der Waals surface area contributed by atoms with Crippen LogP contribution in [0.4, 0.5) is 0 Å². The predicted molar refractivity (Wildman–Crippen MR) is 169 cm³/mol. The summed E-state index contributed by atoms with van der Waals surface area (Å²) in [5.41, 5.74) is 0. The third kappa shape index (κ3) is 29.6. The van der Waals surface area contributed by atoms with Crippen LogP contribution in [0.25, 0.3) is 0 Å². The molecule has 0 aliphatic carbocycles. The van der Waals surface area contributed by atoms with Crippen LogP contribution in [0.15, 0.2) is 12.2 Å². The number of hydrogen-bond acceptors (Lipinski definition) is 5. The van der Waals surface area contributed by atoms with Gasteiger partial charge in [0.1, 0.15) is 6.61 Å². The highest BCUT2D eigenvalue weighted by Crippen LogP contribution is 2.12. The summed E-state index contributed by atoms with van der Waals surface area (Å²) in [6, 6.07) is 0. The van der Waals surface area contributed by atoms with Crippen LogP contribution in [-0.4, -0.2) is 37.9 Å². The van der Waals surface area contributed by atoms with Crippen LogP contribution in [0.3, 0.4) is 0 Å². The van der Waals surface area contributed by atoms with Gasteiger partial charge in [-0.05, 0) is 38.5 Å². The summed E-state index contributed by atoms with van der Waals surface area (Å²) in [6.45, 7) is 7.66. The van der Waals surface area contributed by atoms with Gasteiger partial charge in [0.05, 0.1) is 6.61 Å². The standard InChI is InChI=1S/C35H66O5/c1-4-7-10-13-15-16-17-18-19-21-24-27-30-38-31-33(40-35(37)29-26-22-12-9-6-3)32-39-34(36)28-25-23-20-14-11-8-5-2/h13,15,33H,4-12,14,16-32H2,1-3H3/b15-13-. The molecule has 236 valence electrons. The van der Waals surface area contributed by atoms with Crippen molar-refractivity contribution in [3.05, 3.63) is 12.2 Å². The first-order valence-corrected chi connectivity index (χ1v) is 17.2. The maximum Gasteiger partial charge on any atom is 0.306 e. The Labute approximate surface area is 248 Å². The monoisotopic (exact) mass is 566 g/mol. The van der Waals surface area contributed by atoms with Gasteiger partial charge >= 0.3 is 11.9 Å². The van der Waals surface area contributed by atoms with E-state index in [0.717, 1.165) is 44.9 Å². The van der Waals surface area contributed by atoms with Gasteiger partial charge in [-0.3, -0.25) is 9.59 Å². The molecule has 0 fully saturated rings. The Morgan fingerprint density at radius 1 is 0.525 bits per heavy atom. The Morgan fingerprint density at radius 3 is 1.60 bits per heavy atom. The Balaban J connectivity index is 4.12. The Hall–Kier alpha value is -1.36. The number of rotatable bonds is 31. The molecule has 0 aliphatic heterocycles. The maximum atomic E-state index is 12.4. The van der Waals surface area contributed by atoms with Crippen molar-refractivity contribution in [3.63, 3.8) is 0 Å². The predicted octanol–water partition coefficient (Wildman–Crippen LogP) is 10.4. The number of esters is 2. The fraction of sp³-hybridized carbons (Fsp3) is 0.886. The molecule has 1 atom stereocenters. The summed E-state index contributed by atoms with van der Waals surface area (Å²) in [5, 5.41) is 0. The topological polar surface area (TPSA) is 61.8 Å². The molecule has 0 aromatic rings. The number of carbonyl (C=O) groups excluding carboxylic acids is 2. The first-order chi connectivity index (χ1) is 19.6. The van der Waals surface area contributed by atoms with Gasteiger partial charge in [-0.1, -0.05) is 136 Å². The Kier molecular flexibility index (Phi) is 31.1. The first kappa shape index (κ1) is 38.6. The molecule has 0 saturated heterocycles. The Morgan fingerprint density at radius 2 is 1.00 bits per heavy atom. The van der Waals surface area contributed by atoms with E-state index >= 15 is 0 Å². The van der Waals surface area contributed by atoms with Crippen LogP contribution in [0.1, 0.15) is 175 Å². The highest BCUT2D eigenvalue weighted by Gasteiger charge is 2.17. The molecule has 0 aromatic carbocycles. The van der Waals surface area contributed by atoms with Crippen LogP contribution in [0.2, 0.25) is 0 Å². The average molecular weight is 567 g/mol. The quantitative estimate of drug-likeness (QED) is 0.0474. The molecule has 5 nitrogen and oxygen atoms in total. The highest BCUT2D eigenvalue weighted by molar-refractivity contribution is 5.70. The fourth-order valence-electron chi connectivity index (χ4n) is 4.66. The van der Waals surface area contributed by atoms with Crippen molar-refractivity contribution in [3.8, 4) is 0 Å². The van der Waals surface area contributed by atoms with Crippen LogP contribution >= 0.6 is 0 Å². The highest BCUT2D eigenvalue weighted by atomic mass is 16.6. The van der Waals surface area contributed by atoms with E-state index in [9.17, 15) is 9.59 Å². The molecule has 0 heterocycles. The molecule has 0 rings (SSSR count). The average Bonchev–Trinajstić information content (AvgIpc) is 2.95. The van der Waals surface area contributed by atoms with Gasteiger partial charge < -0.3 is 14.2 Å². The van der Waals surface area contributed by atoms with Gasteiger partial charge in [0.15, 0.2) is 6.10 Å². The van der Waals surface area contributed by atoms with Crippen LogP contribution in [-0.2, 0) is 23.8 Å². The molecular formula is C35H66O5. The second-order valence-corrected chi connectivity index (χ2v) is 11.4. The minimum atomic E-state index is -0.522. The molecule has 1 unspecified atom stereocenters. The zero-order valence-electron chi connectivity index (χ0n) is 26.9. The van der Waals surface area contributed by atoms with E-state index in [1.807, 2.05) is 0 Å². The van der Waals surface area contributed by atoms with E-state index in [2.05, 4.69) is 32.9 Å². The lowest BCUT2D eigenvalue weighted by atomic mass is 10.1. The van der Waals surface area contributed by atoms with Crippen molar-refractivity contribution in [1.29, 1.82) is 0 Å². The molecule has 40 heavy (non-hydrogen) atoms. The van der Waals surface area contributed by atoms with E-state index in [1.165, 1.54) is 96.3 Å². The normalized spacial score (nSPS) is 12.2. The largest absolute Gasteiger partial charge is 0.462 e. The van der Waals surface area contributed by atoms with Gasteiger partial charge in [0.25, 0.3) is 0 Å². The van der Waals surface area contributed by atoms with Gasteiger partial charge in [-0.25, -0.2) is 0 Å². The third-order valence-electron chi connectivity index (χ3n) is 7.30. The number of allylic oxidation sites excluding steroid dienone is 2. The first-order valence-electron chi connectivity index (χ1n) is 17.2. The molecule has 0 aliphatic rings. The molecule has 0 N–H and O–H groups in total. The number of unbranched alkanes of at least 4 members (excludes halogenated alkanes) is 18. The molecular weight excluding hydrogens is 500 g/mol. The van der Waals surface area contributed by atoms with Crippen LogP contribution < -0.4 is 0 Å². The van der Waals surface area contributed by atoms with Crippen molar-refractivity contribution >= 4 is 11.9 Å². The summed E-state index contributed by atoms with van der Waals surface area (Å²) in [4.78, 5) is 24.6. The third-order valence-corrected chi connectivity index (χ3v) is 7.30. The van der Waals surface area contributed by atoms with Gasteiger partial charge in [0, 0.05) is 19.4 Å². The lowest BCUT2D eigenvalue weighted by molar-refractivity contribution is -0.163. The molecule has 0 amide bonds. The van der Waals surface area contributed by atoms with Crippen LogP contribution in [0, 0.1) is 0 Å².